The first kappa shape index (κ1) is 13.3. The Morgan fingerprint density at radius 2 is 1.57 bits per heavy atom. The van der Waals surface area contributed by atoms with Gasteiger partial charge in [-0.3, -0.25) is 9.18 Å². The van der Waals surface area contributed by atoms with Gasteiger partial charge < -0.3 is 4.74 Å². The minimum atomic E-state index is -0.623. The van der Waals surface area contributed by atoms with E-state index in [0.29, 0.717) is 12.8 Å². The summed E-state index contributed by atoms with van der Waals surface area (Å²) in [5.74, 6) is -0.340. The van der Waals surface area contributed by atoms with E-state index in [4.69, 9.17) is 0 Å². The summed E-state index contributed by atoms with van der Waals surface area (Å²) in [6, 6.07) is 0. The van der Waals surface area contributed by atoms with Crippen molar-refractivity contribution in [2.75, 3.05) is 20.0 Å². The number of carbonyl (C=O) groups excluding carboxylic acids is 1. The van der Waals surface area contributed by atoms with E-state index in [1.165, 1.54) is 0 Å². The molecule has 4 heteroatoms. The van der Waals surface area contributed by atoms with Crippen LogP contribution in [0, 0.1) is 0 Å². The average Bonchev–Trinajstić information content (AvgIpc) is 2.20. The van der Waals surface area contributed by atoms with Gasteiger partial charge >= 0.3 is 5.97 Å². The number of carbonyl (C=O) groups is 1. The lowest BCUT2D eigenvalue weighted by Crippen LogP contribution is -2.06. The predicted octanol–water partition coefficient (Wildman–Crippen LogP) is 2.81. The highest BCUT2D eigenvalue weighted by molar-refractivity contribution is 5.69. The second kappa shape index (κ2) is 10.4. The molecule has 0 aromatic heterocycles. The van der Waals surface area contributed by atoms with Gasteiger partial charge in [0.25, 0.3) is 0 Å². The molecule has 0 unspecified atom stereocenters. The van der Waals surface area contributed by atoms with E-state index in [1.54, 1.807) is 0 Å². The molecule has 0 bridgehead atoms. The molecule has 2 nitrogen and oxygen atoms in total. The van der Waals surface area contributed by atoms with Crippen molar-refractivity contribution in [3.8, 4) is 0 Å². The highest BCUT2D eigenvalue weighted by Crippen LogP contribution is 2.06. The maximum Gasteiger partial charge on any atom is 0.305 e. The standard InChI is InChI=1S/C10H18F2O2/c11-7-5-3-1-2-4-6-10(13)14-9-8-12/h1-9H2. The Kier molecular flexibility index (Phi) is 9.91. The molecular weight excluding hydrogens is 190 g/mol. The molecule has 0 rings (SSSR count). The van der Waals surface area contributed by atoms with Crippen molar-refractivity contribution in [3.63, 3.8) is 0 Å². The highest BCUT2D eigenvalue weighted by Gasteiger charge is 2.01. The largest absolute Gasteiger partial charge is 0.463 e. The molecule has 0 saturated carbocycles. The predicted molar refractivity (Wildman–Crippen MR) is 50.6 cm³/mol. The normalized spacial score (nSPS) is 10.1. The maximum absolute atomic E-state index is 11.7. The number of rotatable bonds is 9. The van der Waals surface area contributed by atoms with Crippen LogP contribution in [0.3, 0.4) is 0 Å². The van der Waals surface area contributed by atoms with Crippen LogP contribution in [0.5, 0.6) is 0 Å². The Morgan fingerprint density at radius 1 is 0.929 bits per heavy atom. The van der Waals surface area contributed by atoms with E-state index >= 15 is 0 Å². The molecule has 0 aliphatic carbocycles. The Labute approximate surface area is 83.6 Å². The number of hydrogen-bond donors (Lipinski definition) is 0. The van der Waals surface area contributed by atoms with Crippen molar-refractivity contribution in [1.29, 1.82) is 0 Å². The first-order valence-corrected chi connectivity index (χ1v) is 5.08. The molecular formula is C10H18F2O2. The van der Waals surface area contributed by atoms with Crippen LogP contribution in [0.25, 0.3) is 0 Å². The van der Waals surface area contributed by atoms with Gasteiger partial charge in [-0.05, 0) is 12.8 Å². The van der Waals surface area contributed by atoms with Crippen molar-refractivity contribution < 1.29 is 18.3 Å². The first-order valence-electron chi connectivity index (χ1n) is 5.08. The average molecular weight is 208 g/mol. The highest BCUT2D eigenvalue weighted by atomic mass is 19.1. The summed E-state index contributed by atoms with van der Waals surface area (Å²) < 4.78 is 27.8. The molecule has 0 N–H and O–H groups in total. The second-order valence-corrected chi connectivity index (χ2v) is 3.12. The van der Waals surface area contributed by atoms with Crippen LogP contribution in [0.15, 0.2) is 0 Å². The van der Waals surface area contributed by atoms with E-state index in [9.17, 15) is 13.6 Å². The lowest BCUT2D eigenvalue weighted by atomic mass is 10.1. The van der Waals surface area contributed by atoms with Crippen LogP contribution in [0.1, 0.15) is 38.5 Å². The van der Waals surface area contributed by atoms with Crippen molar-refractivity contribution in [2.24, 2.45) is 0 Å². The maximum atomic E-state index is 11.7. The summed E-state index contributed by atoms with van der Waals surface area (Å²) in [5.41, 5.74) is 0. The molecule has 0 aromatic rings. The molecule has 0 saturated heterocycles. The monoisotopic (exact) mass is 208 g/mol. The third-order valence-electron chi connectivity index (χ3n) is 1.85. The molecule has 0 amide bonds. The number of hydrogen-bond acceptors (Lipinski definition) is 2. The molecule has 0 aliphatic rings. The third kappa shape index (κ3) is 9.42. The van der Waals surface area contributed by atoms with E-state index in [-0.39, 0.29) is 19.3 Å². The van der Waals surface area contributed by atoms with Crippen LogP contribution in [0.2, 0.25) is 0 Å². The summed E-state index contributed by atoms with van der Waals surface area (Å²) in [4.78, 5) is 10.8. The van der Waals surface area contributed by atoms with Crippen LogP contribution in [-0.2, 0) is 9.53 Å². The van der Waals surface area contributed by atoms with Crippen molar-refractivity contribution >= 4 is 5.97 Å². The van der Waals surface area contributed by atoms with Gasteiger partial charge in [0.15, 0.2) is 0 Å². The van der Waals surface area contributed by atoms with E-state index in [0.717, 1.165) is 25.7 Å². The van der Waals surface area contributed by atoms with Crippen molar-refractivity contribution in [1.82, 2.24) is 0 Å². The zero-order valence-electron chi connectivity index (χ0n) is 8.44. The van der Waals surface area contributed by atoms with Crippen molar-refractivity contribution in [2.45, 2.75) is 38.5 Å². The number of ether oxygens (including phenoxy) is 1. The summed E-state index contributed by atoms with van der Waals surface area (Å²) in [5, 5.41) is 0. The lowest BCUT2D eigenvalue weighted by Gasteiger charge is -2.01. The van der Waals surface area contributed by atoms with Crippen LogP contribution in [-0.4, -0.2) is 25.9 Å². The quantitative estimate of drug-likeness (QED) is 0.430. The lowest BCUT2D eigenvalue weighted by molar-refractivity contribution is -0.144. The van der Waals surface area contributed by atoms with Gasteiger partial charge in [0, 0.05) is 6.42 Å². The molecule has 0 spiro atoms. The minimum absolute atomic E-state index is 0.138. The Hall–Kier alpha value is -0.670. The van der Waals surface area contributed by atoms with Gasteiger partial charge in [-0.15, -0.1) is 0 Å². The SMILES string of the molecule is O=C(CCCCCCCF)OCCF. The first-order chi connectivity index (χ1) is 6.81. The Morgan fingerprint density at radius 3 is 2.21 bits per heavy atom. The van der Waals surface area contributed by atoms with E-state index in [2.05, 4.69) is 4.74 Å². The fourth-order valence-corrected chi connectivity index (χ4v) is 1.12. The molecule has 84 valence electrons. The number of halogens is 2. The van der Waals surface area contributed by atoms with Gasteiger partial charge in [-0.1, -0.05) is 19.3 Å². The van der Waals surface area contributed by atoms with Gasteiger partial charge in [0.05, 0.1) is 6.67 Å². The van der Waals surface area contributed by atoms with Gasteiger partial charge in [-0.25, -0.2) is 4.39 Å². The molecule has 14 heavy (non-hydrogen) atoms. The molecule has 0 atom stereocenters. The number of unbranched alkanes of at least 4 members (excludes halogenated alkanes) is 4. The smallest absolute Gasteiger partial charge is 0.305 e. The number of esters is 1. The minimum Gasteiger partial charge on any atom is -0.463 e. The molecule has 0 aromatic carbocycles. The van der Waals surface area contributed by atoms with Crippen LogP contribution < -0.4 is 0 Å². The summed E-state index contributed by atoms with van der Waals surface area (Å²) >= 11 is 0. The van der Waals surface area contributed by atoms with Gasteiger partial charge in [0.2, 0.25) is 0 Å². The Bertz CT molecular complexity index is 140. The summed E-state index contributed by atoms with van der Waals surface area (Å²) in [6.07, 6.45) is 4.42. The molecule has 0 heterocycles. The van der Waals surface area contributed by atoms with E-state index < -0.39 is 6.67 Å². The van der Waals surface area contributed by atoms with Crippen LogP contribution >= 0.6 is 0 Å². The number of alkyl halides is 2. The third-order valence-corrected chi connectivity index (χ3v) is 1.85. The molecule has 0 fully saturated rings. The van der Waals surface area contributed by atoms with Crippen LogP contribution in [0.4, 0.5) is 8.78 Å². The van der Waals surface area contributed by atoms with Crippen molar-refractivity contribution in [3.05, 3.63) is 0 Å². The molecule has 0 radical (unpaired) electrons. The zero-order valence-corrected chi connectivity index (χ0v) is 8.44. The van der Waals surface area contributed by atoms with Gasteiger partial charge in [0.1, 0.15) is 13.3 Å². The fourth-order valence-electron chi connectivity index (χ4n) is 1.12. The summed E-state index contributed by atoms with van der Waals surface area (Å²) in [6.45, 7) is -1.03. The fraction of sp³-hybridized carbons (Fsp3) is 0.900. The summed E-state index contributed by atoms with van der Waals surface area (Å²) in [7, 11) is 0. The zero-order chi connectivity index (χ0) is 10.6. The molecule has 0 aliphatic heterocycles. The van der Waals surface area contributed by atoms with Gasteiger partial charge in [-0.2, -0.15) is 0 Å². The second-order valence-electron chi connectivity index (χ2n) is 3.12. The topological polar surface area (TPSA) is 26.3 Å². The van der Waals surface area contributed by atoms with E-state index in [1.807, 2.05) is 0 Å². The Balaban J connectivity index is 3.07.